The molecule has 1 aromatic heterocycles. The normalized spacial score (nSPS) is 17.6. The molecule has 0 amide bonds. The van der Waals surface area contributed by atoms with Crippen molar-refractivity contribution in [2.24, 2.45) is 0 Å². The van der Waals surface area contributed by atoms with Crippen molar-refractivity contribution in [2.45, 2.75) is 13.8 Å². The summed E-state index contributed by atoms with van der Waals surface area (Å²) in [4.78, 5) is 3.71. The van der Waals surface area contributed by atoms with Crippen LogP contribution < -0.4 is 4.52 Å². The average Bonchev–Trinajstić information content (AvgIpc) is 2.35. The number of pyridine rings is 1. The summed E-state index contributed by atoms with van der Waals surface area (Å²) < 4.78 is 41.2. The van der Waals surface area contributed by atoms with Gasteiger partial charge in [0.2, 0.25) is 5.88 Å². The first kappa shape index (κ1) is 13.0. The van der Waals surface area contributed by atoms with E-state index in [2.05, 4.69) is 4.98 Å². The van der Waals surface area contributed by atoms with Gasteiger partial charge in [0, 0.05) is 1.37 Å². The van der Waals surface area contributed by atoms with Crippen LogP contribution in [0.25, 0.3) is 0 Å². The number of nitrogens with zero attached hydrogens (tertiary/aromatic N) is 1. The first-order valence-electron chi connectivity index (χ1n) is 5.95. The van der Waals surface area contributed by atoms with Crippen molar-refractivity contribution in [1.29, 1.82) is 0 Å². The highest BCUT2D eigenvalue weighted by Crippen LogP contribution is 2.50. The molecule has 1 aromatic rings. The SMILES string of the molecule is [3H]CC([3H])OP(=O)(OCC)Oc1nc(Cl)c(Cl)cc1Cl. The molecule has 5 nitrogen and oxygen atoms in total. The number of hydrogen-bond acceptors (Lipinski definition) is 5. The Morgan fingerprint density at radius 3 is 2.78 bits per heavy atom. The molecule has 0 aromatic carbocycles. The van der Waals surface area contributed by atoms with Gasteiger partial charge in [-0.1, -0.05) is 34.8 Å². The van der Waals surface area contributed by atoms with Gasteiger partial charge in [-0.05, 0) is 19.9 Å². The molecule has 9 heteroatoms. The molecule has 2 unspecified atom stereocenters. The van der Waals surface area contributed by atoms with Crippen LogP contribution in [0.1, 0.15) is 16.6 Å². The van der Waals surface area contributed by atoms with E-state index in [1.54, 1.807) is 6.92 Å². The molecule has 1 rings (SSSR count). The smallest absolute Gasteiger partial charge is 0.384 e. The zero-order valence-corrected chi connectivity index (χ0v) is 12.4. The summed E-state index contributed by atoms with van der Waals surface area (Å²) >= 11 is 17.2. The molecule has 0 bridgehead atoms. The van der Waals surface area contributed by atoms with Crippen molar-refractivity contribution >= 4 is 42.6 Å². The quantitative estimate of drug-likeness (QED) is 0.560. The van der Waals surface area contributed by atoms with Crippen LogP contribution in [-0.4, -0.2) is 18.2 Å². The molecule has 0 radical (unpaired) electrons. The number of halogens is 3. The standard InChI is InChI=1S/C9H11Cl3NO4P/c1-3-15-18(14,16-4-2)17-9-7(11)5-6(10)8(12)13-9/h5H,3-4H2,1-2H3/i1T,3T. The van der Waals surface area contributed by atoms with E-state index in [0.717, 1.165) is 0 Å². The molecule has 0 aliphatic rings. The van der Waals surface area contributed by atoms with Gasteiger partial charge in [-0.15, -0.1) is 0 Å². The summed E-state index contributed by atoms with van der Waals surface area (Å²) in [6.45, 7) is -0.277. The fourth-order valence-electron chi connectivity index (χ4n) is 0.926. The summed E-state index contributed by atoms with van der Waals surface area (Å²) in [5.74, 6) is -0.296. The Kier molecular flexibility index (Phi) is 5.00. The molecule has 0 fully saturated rings. The summed E-state index contributed by atoms with van der Waals surface area (Å²) in [6.07, 6.45) is 0. The molecule has 0 saturated heterocycles. The molecule has 0 aliphatic heterocycles. The Morgan fingerprint density at radius 2 is 2.17 bits per heavy atom. The van der Waals surface area contributed by atoms with E-state index in [9.17, 15) is 4.57 Å². The Morgan fingerprint density at radius 1 is 1.44 bits per heavy atom. The summed E-state index contributed by atoms with van der Waals surface area (Å²) in [6, 6.07) is 1.26. The number of hydrogen-bond donors (Lipinski definition) is 0. The predicted octanol–water partition coefficient (Wildman–Crippen LogP) is 4.60. The van der Waals surface area contributed by atoms with Gasteiger partial charge >= 0.3 is 7.82 Å². The van der Waals surface area contributed by atoms with Gasteiger partial charge in [-0.2, -0.15) is 4.98 Å². The van der Waals surface area contributed by atoms with Crippen molar-refractivity contribution in [3.63, 3.8) is 0 Å². The zero-order chi connectivity index (χ0) is 15.3. The minimum atomic E-state index is -4.13. The highest BCUT2D eigenvalue weighted by molar-refractivity contribution is 7.48. The van der Waals surface area contributed by atoms with E-state index < -0.39 is 21.3 Å². The molecule has 2 atom stereocenters. The third-order valence-corrected chi connectivity index (χ3v) is 3.87. The molecular formula is C9H11Cl3NO4P. The Labute approximate surface area is 123 Å². The molecule has 1 heterocycles. The van der Waals surface area contributed by atoms with Crippen molar-refractivity contribution in [1.82, 2.24) is 4.98 Å². The van der Waals surface area contributed by atoms with Gasteiger partial charge in [0.1, 0.15) is 5.02 Å². The summed E-state index contributed by atoms with van der Waals surface area (Å²) in [7, 11) is -4.13. The average molecular weight is 339 g/mol. The van der Waals surface area contributed by atoms with E-state index in [0.29, 0.717) is 0 Å². The molecule has 0 saturated carbocycles. The van der Waals surface area contributed by atoms with Crippen molar-refractivity contribution in [3.8, 4) is 5.88 Å². The minimum absolute atomic E-state index is 0.000931. The molecule has 0 aliphatic carbocycles. The summed E-state index contributed by atoms with van der Waals surface area (Å²) in [5, 5.41) is -0.0481. The number of phosphoric ester groups is 1. The lowest BCUT2D eigenvalue weighted by Crippen LogP contribution is -2.03. The maximum absolute atomic E-state index is 12.3. The lowest BCUT2D eigenvalue weighted by molar-refractivity contribution is 0.166. The topological polar surface area (TPSA) is 57.7 Å². The van der Waals surface area contributed by atoms with Crippen molar-refractivity contribution in [2.75, 3.05) is 13.2 Å². The van der Waals surface area contributed by atoms with Crippen LogP contribution in [-0.2, 0) is 13.6 Å². The number of aromatic nitrogens is 1. The number of phosphoric acid groups is 1. The lowest BCUT2D eigenvalue weighted by atomic mass is 10.5. The van der Waals surface area contributed by atoms with Crippen molar-refractivity contribution < 1.29 is 20.9 Å². The van der Waals surface area contributed by atoms with Crippen LogP contribution in [0, 0.1) is 0 Å². The summed E-state index contributed by atoms with van der Waals surface area (Å²) in [5.41, 5.74) is 0. The van der Waals surface area contributed by atoms with Gasteiger partial charge in [-0.25, -0.2) is 4.57 Å². The third-order valence-electron chi connectivity index (χ3n) is 1.54. The van der Waals surface area contributed by atoms with Gasteiger partial charge in [-0.3, -0.25) is 9.05 Å². The zero-order valence-electron chi connectivity index (χ0n) is 11.2. The van der Waals surface area contributed by atoms with Crippen LogP contribution in [0.4, 0.5) is 0 Å². The molecule has 0 spiro atoms. The molecule has 0 N–H and O–H groups in total. The predicted molar refractivity (Wildman–Crippen MR) is 70.8 cm³/mol. The van der Waals surface area contributed by atoms with Crippen molar-refractivity contribution in [3.05, 3.63) is 21.3 Å². The largest absolute Gasteiger partial charge is 0.531 e. The van der Waals surface area contributed by atoms with Crippen LogP contribution in [0.3, 0.4) is 0 Å². The van der Waals surface area contributed by atoms with E-state index in [1.807, 2.05) is 0 Å². The first-order chi connectivity index (χ1) is 9.31. The van der Waals surface area contributed by atoms with Gasteiger partial charge in [0.05, 0.1) is 19.6 Å². The maximum Gasteiger partial charge on any atom is 0.531 e. The van der Waals surface area contributed by atoms with E-state index in [4.69, 9.17) is 51.1 Å². The fourth-order valence-corrected chi connectivity index (χ4v) is 2.51. The highest BCUT2D eigenvalue weighted by atomic mass is 35.5. The Bertz CT molecular complexity index is 522. The molecule has 18 heavy (non-hydrogen) atoms. The minimum Gasteiger partial charge on any atom is -0.384 e. The number of rotatable bonds is 6. The van der Waals surface area contributed by atoms with E-state index in [1.165, 1.54) is 6.07 Å². The first-order valence-corrected chi connectivity index (χ1v) is 7.26. The van der Waals surface area contributed by atoms with E-state index in [-0.39, 0.29) is 27.7 Å². The van der Waals surface area contributed by atoms with Gasteiger partial charge < -0.3 is 4.52 Å². The Balaban J connectivity index is 3.01. The maximum atomic E-state index is 12.3. The monoisotopic (exact) mass is 337 g/mol. The lowest BCUT2D eigenvalue weighted by Gasteiger charge is -2.17. The van der Waals surface area contributed by atoms with Gasteiger partial charge in [0.15, 0.2) is 5.15 Å². The van der Waals surface area contributed by atoms with Crippen LogP contribution in [0.15, 0.2) is 6.07 Å². The second-order valence-electron chi connectivity index (χ2n) is 2.78. The highest BCUT2D eigenvalue weighted by Gasteiger charge is 2.29. The third kappa shape index (κ3) is 4.26. The second kappa shape index (κ2) is 6.94. The van der Waals surface area contributed by atoms with Crippen LogP contribution >= 0.6 is 42.6 Å². The fraction of sp³-hybridized carbons (Fsp3) is 0.444. The van der Waals surface area contributed by atoms with Crippen LogP contribution in [0.2, 0.25) is 15.2 Å². The van der Waals surface area contributed by atoms with Crippen LogP contribution in [0.5, 0.6) is 5.88 Å². The Hall–Kier alpha value is -0.0300. The molecule has 102 valence electrons. The van der Waals surface area contributed by atoms with Gasteiger partial charge in [0.25, 0.3) is 0 Å². The second-order valence-corrected chi connectivity index (χ2v) is 5.49. The molecular weight excluding hydrogens is 323 g/mol. The van der Waals surface area contributed by atoms with E-state index >= 15 is 0 Å².